The van der Waals surface area contributed by atoms with Crippen LogP contribution in [0.2, 0.25) is 0 Å². The average Bonchev–Trinajstić information content (AvgIpc) is 3.14. The second-order valence-corrected chi connectivity index (χ2v) is 8.98. The van der Waals surface area contributed by atoms with Crippen molar-refractivity contribution < 1.29 is 14.3 Å². The fourth-order valence-corrected chi connectivity index (χ4v) is 4.99. The Labute approximate surface area is 174 Å². The maximum atomic E-state index is 12.7. The number of aromatic nitrogens is 2. The second-order valence-electron chi connectivity index (χ2n) is 7.98. The standard InChI is InChI=1S/C22H25N3O3S/c1-12-17-13(2)24-14(3)25-21(17)29-19(12)20(26)23-9-10-27-16-8-6-7-15-11-22(4,5)28-18(15)16/h6-8H,9-11H2,1-5H3,(H,23,26). The van der Waals surface area contributed by atoms with E-state index >= 15 is 0 Å². The van der Waals surface area contributed by atoms with Gasteiger partial charge in [-0.05, 0) is 46.2 Å². The van der Waals surface area contributed by atoms with Crippen molar-refractivity contribution in [1.82, 2.24) is 15.3 Å². The van der Waals surface area contributed by atoms with Gasteiger partial charge in [-0.2, -0.15) is 0 Å². The smallest absolute Gasteiger partial charge is 0.261 e. The van der Waals surface area contributed by atoms with Crippen LogP contribution in [0.25, 0.3) is 10.2 Å². The molecule has 0 saturated carbocycles. The minimum atomic E-state index is -0.214. The summed E-state index contributed by atoms with van der Waals surface area (Å²) in [5.41, 5.74) is 2.78. The van der Waals surface area contributed by atoms with E-state index in [9.17, 15) is 4.79 Å². The lowest BCUT2D eigenvalue weighted by molar-refractivity contribution is 0.0950. The highest BCUT2D eigenvalue weighted by molar-refractivity contribution is 7.20. The van der Waals surface area contributed by atoms with Gasteiger partial charge in [-0.25, -0.2) is 9.97 Å². The molecule has 1 aliphatic heterocycles. The number of nitrogens with zero attached hydrogens (tertiary/aromatic N) is 2. The Bertz CT molecular complexity index is 1100. The van der Waals surface area contributed by atoms with Crippen molar-refractivity contribution in [3.8, 4) is 11.5 Å². The molecular weight excluding hydrogens is 386 g/mol. The number of ether oxygens (including phenoxy) is 2. The number of hydrogen-bond donors (Lipinski definition) is 1. The number of benzene rings is 1. The molecule has 7 heteroatoms. The summed E-state index contributed by atoms with van der Waals surface area (Å²) in [6, 6.07) is 5.95. The zero-order valence-corrected chi connectivity index (χ0v) is 18.2. The first-order valence-electron chi connectivity index (χ1n) is 9.71. The largest absolute Gasteiger partial charge is 0.488 e. The maximum Gasteiger partial charge on any atom is 0.261 e. The first kappa shape index (κ1) is 19.6. The Morgan fingerprint density at radius 3 is 2.86 bits per heavy atom. The Morgan fingerprint density at radius 1 is 1.28 bits per heavy atom. The minimum absolute atomic E-state index is 0.109. The Balaban J connectivity index is 1.40. The Kier molecular flexibility index (Phi) is 4.94. The third-order valence-corrected chi connectivity index (χ3v) is 6.17. The molecular formula is C22H25N3O3S. The van der Waals surface area contributed by atoms with Gasteiger partial charge in [-0.3, -0.25) is 4.79 Å². The number of hydrogen-bond acceptors (Lipinski definition) is 6. The number of fused-ring (bicyclic) bond motifs is 2. The number of para-hydroxylation sites is 1. The monoisotopic (exact) mass is 411 g/mol. The molecule has 1 amide bonds. The molecule has 0 spiro atoms. The average molecular weight is 412 g/mol. The van der Waals surface area contributed by atoms with E-state index in [1.807, 2.05) is 32.9 Å². The van der Waals surface area contributed by atoms with Crippen LogP contribution in [0.15, 0.2) is 18.2 Å². The lowest BCUT2D eigenvalue weighted by Crippen LogP contribution is -2.28. The third-order valence-electron chi connectivity index (χ3n) is 4.99. The van der Waals surface area contributed by atoms with Gasteiger partial charge < -0.3 is 14.8 Å². The molecule has 29 heavy (non-hydrogen) atoms. The van der Waals surface area contributed by atoms with Crippen molar-refractivity contribution in [3.05, 3.63) is 45.7 Å². The van der Waals surface area contributed by atoms with Gasteiger partial charge in [0.1, 0.15) is 22.9 Å². The zero-order valence-electron chi connectivity index (χ0n) is 17.4. The highest BCUT2D eigenvalue weighted by Gasteiger charge is 2.32. The summed E-state index contributed by atoms with van der Waals surface area (Å²) in [5, 5.41) is 3.92. The van der Waals surface area contributed by atoms with E-state index in [2.05, 4.69) is 35.2 Å². The molecule has 1 aromatic carbocycles. The van der Waals surface area contributed by atoms with Crippen molar-refractivity contribution in [2.75, 3.05) is 13.2 Å². The van der Waals surface area contributed by atoms with E-state index in [0.29, 0.717) is 18.0 Å². The molecule has 0 unspecified atom stereocenters. The van der Waals surface area contributed by atoms with Crippen molar-refractivity contribution in [2.45, 2.75) is 46.6 Å². The quantitative estimate of drug-likeness (QED) is 0.639. The molecule has 0 fully saturated rings. The van der Waals surface area contributed by atoms with E-state index in [-0.39, 0.29) is 11.5 Å². The summed E-state index contributed by atoms with van der Waals surface area (Å²) in [7, 11) is 0. The molecule has 4 rings (SSSR count). The van der Waals surface area contributed by atoms with Gasteiger partial charge >= 0.3 is 0 Å². The predicted molar refractivity (Wildman–Crippen MR) is 114 cm³/mol. The number of amides is 1. The van der Waals surface area contributed by atoms with E-state index in [4.69, 9.17) is 9.47 Å². The van der Waals surface area contributed by atoms with Crippen LogP contribution in [0, 0.1) is 20.8 Å². The summed E-state index contributed by atoms with van der Waals surface area (Å²) in [4.78, 5) is 23.1. The topological polar surface area (TPSA) is 73.3 Å². The van der Waals surface area contributed by atoms with Crippen LogP contribution >= 0.6 is 11.3 Å². The number of rotatable bonds is 5. The van der Waals surface area contributed by atoms with Gasteiger partial charge in [0.2, 0.25) is 0 Å². The predicted octanol–water partition coefficient (Wildman–Crippen LogP) is 4.14. The zero-order chi connectivity index (χ0) is 20.8. The second kappa shape index (κ2) is 7.30. The fourth-order valence-electron chi connectivity index (χ4n) is 3.80. The number of nitrogens with one attached hydrogen (secondary N) is 1. The maximum absolute atomic E-state index is 12.7. The summed E-state index contributed by atoms with van der Waals surface area (Å²) in [5.74, 6) is 2.15. The number of carbonyl (C=O) groups is 1. The Hall–Kier alpha value is -2.67. The molecule has 2 aromatic heterocycles. The fraction of sp³-hybridized carbons (Fsp3) is 0.409. The molecule has 0 aliphatic carbocycles. The van der Waals surface area contributed by atoms with E-state index in [1.54, 1.807) is 0 Å². The van der Waals surface area contributed by atoms with Crippen LogP contribution in [-0.2, 0) is 6.42 Å². The number of thiophene rings is 1. The SMILES string of the molecule is Cc1nc(C)c2c(C)c(C(=O)NCCOc3cccc4c3OC(C)(C)C4)sc2n1. The Morgan fingerprint density at radius 2 is 2.07 bits per heavy atom. The molecule has 1 N–H and O–H groups in total. The van der Waals surface area contributed by atoms with Crippen LogP contribution in [0.3, 0.4) is 0 Å². The summed E-state index contributed by atoms with van der Waals surface area (Å²) in [6.07, 6.45) is 0.864. The van der Waals surface area contributed by atoms with Gasteiger partial charge in [0.05, 0.1) is 11.4 Å². The van der Waals surface area contributed by atoms with Gasteiger partial charge in [-0.1, -0.05) is 12.1 Å². The summed E-state index contributed by atoms with van der Waals surface area (Å²) in [6.45, 7) is 10.7. The molecule has 3 heterocycles. The lowest BCUT2D eigenvalue weighted by Gasteiger charge is -2.18. The summed E-state index contributed by atoms with van der Waals surface area (Å²) >= 11 is 1.41. The van der Waals surface area contributed by atoms with Crippen LogP contribution in [0.1, 0.15) is 46.2 Å². The highest BCUT2D eigenvalue weighted by Crippen LogP contribution is 2.41. The van der Waals surface area contributed by atoms with Crippen molar-refractivity contribution in [2.24, 2.45) is 0 Å². The summed E-state index contributed by atoms with van der Waals surface area (Å²) < 4.78 is 11.9. The molecule has 0 bridgehead atoms. The number of carbonyl (C=O) groups excluding carboxylic acids is 1. The molecule has 0 atom stereocenters. The van der Waals surface area contributed by atoms with Gasteiger partial charge in [0.25, 0.3) is 5.91 Å². The van der Waals surface area contributed by atoms with Crippen LogP contribution in [0.5, 0.6) is 11.5 Å². The molecule has 0 radical (unpaired) electrons. The van der Waals surface area contributed by atoms with Crippen molar-refractivity contribution in [1.29, 1.82) is 0 Å². The van der Waals surface area contributed by atoms with Crippen LogP contribution in [-0.4, -0.2) is 34.6 Å². The van der Waals surface area contributed by atoms with Gasteiger partial charge in [-0.15, -0.1) is 11.3 Å². The van der Waals surface area contributed by atoms with Crippen molar-refractivity contribution in [3.63, 3.8) is 0 Å². The van der Waals surface area contributed by atoms with Crippen molar-refractivity contribution >= 4 is 27.5 Å². The minimum Gasteiger partial charge on any atom is -0.488 e. The lowest BCUT2D eigenvalue weighted by atomic mass is 10.0. The van der Waals surface area contributed by atoms with E-state index < -0.39 is 0 Å². The normalized spacial score (nSPS) is 14.5. The third kappa shape index (κ3) is 3.79. The first-order valence-corrected chi connectivity index (χ1v) is 10.5. The molecule has 152 valence electrons. The number of aryl methyl sites for hydroxylation is 3. The molecule has 0 saturated heterocycles. The highest BCUT2D eigenvalue weighted by atomic mass is 32.1. The molecule has 6 nitrogen and oxygen atoms in total. The van der Waals surface area contributed by atoms with E-state index in [1.165, 1.54) is 11.3 Å². The van der Waals surface area contributed by atoms with Crippen LogP contribution < -0.4 is 14.8 Å². The molecule has 1 aliphatic rings. The van der Waals surface area contributed by atoms with Gasteiger partial charge in [0.15, 0.2) is 11.5 Å². The van der Waals surface area contributed by atoms with Gasteiger partial charge in [0, 0.05) is 23.1 Å². The van der Waals surface area contributed by atoms with E-state index in [0.717, 1.165) is 50.8 Å². The van der Waals surface area contributed by atoms with Crippen LogP contribution in [0.4, 0.5) is 0 Å². The molecule has 3 aromatic rings. The first-order chi connectivity index (χ1) is 13.7.